The van der Waals surface area contributed by atoms with Gasteiger partial charge in [-0.05, 0) is 26.2 Å². The third-order valence-corrected chi connectivity index (χ3v) is 2.43. The third kappa shape index (κ3) is 5.79. The van der Waals surface area contributed by atoms with Gasteiger partial charge in [-0.15, -0.1) is 0 Å². The number of Topliss-reactive ketones (excluding diaryl/α,β-unsaturated/α-hetero) is 1. The second-order valence-electron chi connectivity index (χ2n) is 3.84. The number of hydrogen-bond donors (Lipinski definition) is 1. The first-order chi connectivity index (χ1) is 6.61. The summed E-state index contributed by atoms with van der Waals surface area (Å²) in [5.41, 5.74) is 6.67. The topological polar surface area (TPSA) is 43.1 Å². The molecule has 1 unspecified atom stereocenters. The van der Waals surface area contributed by atoms with Gasteiger partial charge in [0.05, 0.1) is 0 Å². The quantitative estimate of drug-likeness (QED) is 0.681. The molecule has 82 valence electrons. The highest BCUT2D eigenvalue weighted by atomic mass is 16.1. The van der Waals surface area contributed by atoms with E-state index in [0.29, 0.717) is 0 Å². The van der Waals surface area contributed by atoms with Crippen molar-refractivity contribution in [3.05, 3.63) is 11.8 Å². The van der Waals surface area contributed by atoms with Crippen LogP contribution in [0.2, 0.25) is 0 Å². The molecule has 0 aliphatic carbocycles. The SMILES string of the molecule is CC/C=C(\N)CC(CCCC)C(C)=O. The van der Waals surface area contributed by atoms with Crippen molar-refractivity contribution in [3.63, 3.8) is 0 Å². The maximum atomic E-state index is 11.3. The molecule has 0 heterocycles. The molecule has 1 atom stereocenters. The fraction of sp³-hybridized carbons (Fsp3) is 0.750. The van der Waals surface area contributed by atoms with Crippen molar-refractivity contribution in [2.75, 3.05) is 0 Å². The zero-order valence-electron chi connectivity index (χ0n) is 9.68. The number of allylic oxidation sites excluding steroid dienone is 2. The van der Waals surface area contributed by atoms with Crippen molar-refractivity contribution in [1.82, 2.24) is 0 Å². The lowest BCUT2D eigenvalue weighted by molar-refractivity contribution is -0.120. The molecular formula is C12H23NO. The van der Waals surface area contributed by atoms with E-state index in [9.17, 15) is 4.79 Å². The molecule has 0 fully saturated rings. The molecule has 0 bridgehead atoms. The Morgan fingerprint density at radius 3 is 2.50 bits per heavy atom. The second kappa shape index (κ2) is 7.60. The van der Waals surface area contributed by atoms with Crippen LogP contribution >= 0.6 is 0 Å². The highest BCUT2D eigenvalue weighted by Crippen LogP contribution is 2.17. The second-order valence-corrected chi connectivity index (χ2v) is 3.84. The van der Waals surface area contributed by atoms with Gasteiger partial charge in [0, 0.05) is 11.6 Å². The van der Waals surface area contributed by atoms with Crippen LogP contribution in [0.3, 0.4) is 0 Å². The normalized spacial score (nSPS) is 14.1. The van der Waals surface area contributed by atoms with E-state index in [1.165, 1.54) is 0 Å². The van der Waals surface area contributed by atoms with Crippen molar-refractivity contribution in [2.24, 2.45) is 11.7 Å². The summed E-state index contributed by atoms with van der Waals surface area (Å²) in [7, 11) is 0. The van der Waals surface area contributed by atoms with Gasteiger partial charge in [-0.25, -0.2) is 0 Å². The fourth-order valence-corrected chi connectivity index (χ4v) is 1.53. The van der Waals surface area contributed by atoms with Gasteiger partial charge in [0.15, 0.2) is 0 Å². The molecule has 2 nitrogen and oxygen atoms in total. The molecule has 2 N–H and O–H groups in total. The van der Waals surface area contributed by atoms with Crippen molar-refractivity contribution in [3.8, 4) is 0 Å². The molecule has 2 heteroatoms. The maximum absolute atomic E-state index is 11.3. The van der Waals surface area contributed by atoms with Crippen LogP contribution in [0.5, 0.6) is 0 Å². The van der Waals surface area contributed by atoms with Gasteiger partial charge in [-0.1, -0.05) is 32.8 Å². The maximum Gasteiger partial charge on any atom is 0.133 e. The monoisotopic (exact) mass is 197 g/mol. The first-order valence-corrected chi connectivity index (χ1v) is 5.56. The molecule has 0 saturated carbocycles. The lowest BCUT2D eigenvalue weighted by Gasteiger charge is -2.13. The molecule has 0 amide bonds. The number of carbonyl (C=O) groups is 1. The first kappa shape index (κ1) is 13.2. The summed E-state index contributed by atoms with van der Waals surface area (Å²) in [5.74, 6) is 0.406. The van der Waals surface area contributed by atoms with E-state index in [4.69, 9.17) is 5.73 Å². The molecule has 0 saturated heterocycles. The van der Waals surface area contributed by atoms with Crippen LogP contribution in [-0.2, 0) is 4.79 Å². The lowest BCUT2D eigenvalue weighted by atomic mass is 9.93. The van der Waals surface area contributed by atoms with Crippen LogP contribution < -0.4 is 5.73 Å². The van der Waals surface area contributed by atoms with Crippen LogP contribution in [0, 0.1) is 5.92 Å². The Morgan fingerprint density at radius 2 is 2.07 bits per heavy atom. The Kier molecular flexibility index (Phi) is 7.17. The van der Waals surface area contributed by atoms with Crippen LogP contribution in [0.1, 0.15) is 52.9 Å². The highest BCUT2D eigenvalue weighted by Gasteiger charge is 2.13. The van der Waals surface area contributed by atoms with E-state index in [0.717, 1.165) is 37.8 Å². The Bertz CT molecular complexity index is 196. The molecule has 0 aromatic heterocycles. The smallest absolute Gasteiger partial charge is 0.133 e. The standard InChI is InChI=1S/C12H23NO/c1-4-6-8-11(10(3)14)9-12(13)7-5-2/h7,11H,4-6,8-9,13H2,1-3H3/b12-7-. The average Bonchev–Trinajstić information content (AvgIpc) is 2.12. The number of ketones is 1. The minimum absolute atomic E-state index is 0.137. The molecule has 14 heavy (non-hydrogen) atoms. The van der Waals surface area contributed by atoms with E-state index in [1.807, 2.05) is 6.08 Å². The van der Waals surface area contributed by atoms with E-state index in [2.05, 4.69) is 13.8 Å². The van der Waals surface area contributed by atoms with Crippen LogP contribution in [0.25, 0.3) is 0 Å². The predicted molar refractivity (Wildman–Crippen MR) is 60.9 cm³/mol. The molecule has 0 spiro atoms. The van der Waals surface area contributed by atoms with Gasteiger partial charge in [0.2, 0.25) is 0 Å². The Balaban J connectivity index is 4.08. The summed E-state index contributed by atoms with van der Waals surface area (Å²) < 4.78 is 0. The number of hydrogen-bond acceptors (Lipinski definition) is 2. The number of nitrogens with two attached hydrogens (primary N) is 1. The van der Waals surface area contributed by atoms with E-state index < -0.39 is 0 Å². The molecular weight excluding hydrogens is 174 g/mol. The largest absolute Gasteiger partial charge is 0.402 e. The minimum atomic E-state index is 0.137. The van der Waals surface area contributed by atoms with Crippen LogP contribution in [0.15, 0.2) is 11.8 Å². The number of carbonyl (C=O) groups excluding carboxylic acids is 1. The zero-order valence-corrected chi connectivity index (χ0v) is 9.68. The summed E-state index contributed by atoms with van der Waals surface area (Å²) in [6.07, 6.45) is 6.92. The van der Waals surface area contributed by atoms with Gasteiger partial charge in [0.25, 0.3) is 0 Å². The Labute approximate surface area is 87.6 Å². The van der Waals surface area contributed by atoms with E-state index in [-0.39, 0.29) is 11.7 Å². The van der Waals surface area contributed by atoms with Gasteiger partial charge in [-0.2, -0.15) is 0 Å². The number of unbranched alkanes of at least 4 members (excludes halogenated alkanes) is 1. The summed E-state index contributed by atoms with van der Waals surface area (Å²) in [4.78, 5) is 11.3. The zero-order chi connectivity index (χ0) is 11.0. The summed E-state index contributed by atoms with van der Waals surface area (Å²) in [6.45, 7) is 5.86. The van der Waals surface area contributed by atoms with Crippen molar-refractivity contribution in [1.29, 1.82) is 0 Å². The third-order valence-electron chi connectivity index (χ3n) is 2.43. The molecule has 0 radical (unpaired) electrons. The van der Waals surface area contributed by atoms with Crippen molar-refractivity contribution < 1.29 is 4.79 Å². The van der Waals surface area contributed by atoms with Gasteiger partial charge in [0.1, 0.15) is 5.78 Å². The summed E-state index contributed by atoms with van der Waals surface area (Å²) in [5, 5.41) is 0. The van der Waals surface area contributed by atoms with Crippen LogP contribution in [-0.4, -0.2) is 5.78 Å². The molecule has 0 aliphatic rings. The predicted octanol–water partition coefficient (Wildman–Crippen LogP) is 3.02. The minimum Gasteiger partial charge on any atom is -0.402 e. The fourth-order valence-electron chi connectivity index (χ4n) is 1.53. The van der Waals surface area contributed by atoms with Gasteiger partial charge >= 0.3 is 0 Å². The average molecular weight is 197 g/mol. The van der Waals surface area contributed by atoms with Gasteiger partial charge in [-0.3, -0.25) is 4.79 Å². The Hall–Kier alpha value is -0.790. The van der Waals surface area contributed by atoms with Crippen LogP contribution in [0.4, 0.5) is 0 Å². The molecule has 0 aliphatic heterocycles. The Morgan fingerprint density at radius 1 is 1.43 bits per heavy atom. The highest BCUT2D eigenvalue weighted by molar-refractivity contribution is 5.78. The first-order valence-electron chi connectivity index (χ1n) is 5.56. The number of rotatable bonds is 7. The van der Waals surface area contributed by atoms with Gasteiger partial charge < -0.3 is 5.73 Å². The van der Waals surface area contributed by atoms with Crippen molar-refractivity contribution in [2.45, 2.75) is 52.9 Å². The van der Waals surface area contributed by atoms with E-state index in [1.54, 1.807) is 6.92 Å². The lowest BCUT2D eigenvalue weighted by Crippen LogP contribution is -2.14. The molecule has 0 aromatic rings. The molecule has 0 rings (SSSR count). The summed E-state index contributed by atoms with van der Waals surface area (Å²) >= 11 is 0. The molecule has 0 aromatic carbocycles. The summed E-state index contributed by atoms with van der Waals surface area (Å²) in [6, 6.07) is 0. The van der Waals surface area contributed by atoms with Crippen molar-refractivity contribution >= 4 is 5.78 Å². The van der Waals surface area contributed by atoms with E-state index >= 15 is 0 Å².